The summed E-state index contributed by atoms with van der Waals surface area (Å²) in [5.74, 6) is 0.745. The van der Waals surface area contributed by atoms with Crippen molar-refractivity contribution in [1.29, 1.82) is 5.26 Å². The van der Waals surface area contributed by atoms with E-state index in [1.807, 2.05) is 12.1 Å². The number of anilines is 1. The van der Waals surface area contributed by atoms with E-state index in [0.717, 1.165) is 17.7 Å². The minimum absolute atomic E-state index is 0.0811. The average Bonchev–Trinajstić information content (AvgIpc) is 3.15. The fourth-order valence-electron chi connectivity index (χ4n) is 4.38. The zero-order chi connectivity index (χ0) is 21.8. The number of carbonyl (C=O) groups is 1. The van der Waals surface area contributed by atoms with Crippen molar-refractivity contribution in [3.8, 4) is 17.5 Å². The Morgan fingerprint density at radius 3 is 2.52 bits per heavy atom. The highest BCUT2D eigenvalue weighted by molar-refractivity contribution is 6.00. The van der Waals surface area contributed by atoms with Crippen LogP contribution in [0.2, 0.25) is 0 Å². The van der Waals surface area contributed by atoms with E-state index >= 15 is 0 Å². The molecule has 2 aliphatic rings. The molecule has 0 radical (unpaired) electrons. The van der Waals surface area contributed by atoms with Crippen LogP contribution in [0.3, 0.4) is 0 Å². The molecule has 1 N–H and O–H groups in total. The summed E-state index contributed by atoms with van der Waals surface area (Å²) < 4.78 is 15.1. The SMILES string of the molecule is CC1(C)CC(=O)C2=C(C1)Nc1nc(-c3ccc(F)cc3)nn1C2c1ccc(C#N)cc1. The van der Waals surface area contributed by atoms with Crippen LogP contribution in [0.25, 0.3) is 11.4 Å². The second-order valence-corrected chi connectivity index (χ2v) is 8.80. The van der Waals surface area contributed by atoms with Crippen molar-refractivity contribution in [2.45, 2.75) is 32.7 Å². The lowest BCUT2D eigenvalue weighted by Gasteiger charge is -2.38. The van der Waals surface area contributed by atoms with Crippen LogP contribution in [0.4, 0.5) is 10.3 Å². The van der Waals surface area contributed by atoms with Crippen LogP contribution in [0.1, 0.15) is 43.9 Å². The monoisotopic (exact) mass is 413 g/mol. The van der Waals surface area contributed by atoms with Gasteiger partial charge in [0.1, 0.15) is 11.9 Å². The number of nitriles is 1. The van der Waals surface area contributed by atoms with Crippen LogP contribution in [-0.4, -0.2) is 20.5 Å². The molecule has 0 saturated carbocycles. The van der Waals surface area contributed by atoms with Crippen molar-refractivity contribution in [2.75, 3.05) is 5.32 Å². The lowest BCUT2D eigenvalue weighted by atomic mass is 9.73. The molecule has 1 atom stereocenters. The van der Waals surface area contributed by atoms with Crippen molar-refractivity contribution in [1.82, 2.24) is 14.8 Å². The maximum atomic E-state index is 13.4. The normalized spacial score (nSPS) is 19.3. The molecule has 7 heteroatoms. The van der Waals surface area contributed by atoms with E-state index < -0.39 is 6.04 Å². The molecule has 31 heavy (non-hydrogen) atoms. The molecule has 5 rings (SSSR count). The predicted molar refractivity (Wildman–Crippen MR) is 113 cm³/mol. The Balaban J connectivity index is 1.67. The predicted octanol–water partition coefficient (Wildman–Crippen LogP) is 4.61. The number of aromatic nitrogens is 3. The van der Waals surface area contributed by atoms with Gasteiger partial charge >= 0.3 is 0 Å². The van der Waals surface area contributed by atoms with Crippen LogP contribution in [0.5, 0.6) is 0 Å². The molecule has 1 aliphatic heterocycles. The summed E-state index contributed by atoms with van der Waals surface area (Å²) >= 11 is 0. The molecule has 0 fully saturated rings. The second-order valence-electron chi connectivity index (χ2n) is 8.80. The first-order chi connectivity index (χ1) is 14.8. The number of allylic oxidation sites excluding steroid dienone is 2. The third-order valence-electron chi connectivity index (χ3n) is 5.79. The highest BCUT2D eigenvalue weighted by atomic mass is 19.1. The molecule has 0 bridgehead atoms. The molecule has 1 aliphatic carbocycles. The molecule has 0 spiro atoms. The summed E-state index contributed by atoms with van der Waals surface area (Å²) in [4.78, 5) is 17.9. The minimum Gasteiger partial charge on any atom is -0.328 e. The molecule has 2 aromatic carbocycles. The van der Waals surface area contributed by atoms with Gasteiger partial charge in [-0.2, -0.15) is 10.2 Å². The number of carbonyl (C=O) groups excluding carboxylic acids is 1. The van der Waals surface area contributed by atoms with Gasteiger partial charge in [0.05, 0.1) is 11.6 Å². The van der Waals surface area contributed by atoms with Gasteiger partial charge in [0.25, 0.3) is 0 Å². The van der Waals surface area contributed by atoms with E-state index in [4.69, 9.17) is 5.26 Å². The van der Waals surface area contributed by atoms with E-state index in [1.165, 1.54) is 12.1 Å². The molecule has 1 aromatic heterocycles. The lowest BCUT2D eigenvalue weighted by molar-refractivity contribution is -0.118. The van der Waals surface area contributed by atoms with Crippen molar-refractivity contribution in [2.24, 2.45) is 5.41 Å². The Kier molecular flexibility index (Phi) is 4.26. The first-order valence-electron chi connectivity index (χ1n) is 10.1. The molecule has 154 valence electrons. The zero-order valence-corrected chi connectivity index (χ0v) is 17.2. The largest absolute Gasteiger partial charge is 0.328 e. The fraction of sp³-hybridized carbons (Fsp3) is 0.250. The number of fused-ring (bicyclic) bond motifs is 1. The number of nitrogens with zero attached hydrogens (tertiary/aromatic N) is 4. The fourth-order valence-corrected chi connectivity index (χ4v) is 4.38. The first-order valence-corrected chi connectivity index (χ1v) is 10.1. The van der Waals surface area contributed by atoms with E-state index in [1.54, 1.807) is 28.9 Å². The molecule has 6 nitrogen and oxygen atoms in total. The maximum absolute atomic E-state index is 13.4. The Labute approximate surface area is 179 Å². The Morgan fingerprint density at radius 1 is 1.13 bits per heavy atom. The average molecular weight is 413 g/mol. The number of rotatable bonds is 2. The highest BCUT2D eigenvalue weighted by Crippen LogP contribution is 2.45. The number of hydrogen-bond donors (Lipinski definition) is 1. The van der Waals surface area contributed by atoms with Crippen LogP contribution in [0, 0.1) is 22.6 Å². The van der Waals surface area contributed by atoms with Gasteiger partial charge < -0.3 is 5.32 Å². The van der Waals surface area contributed by atoms with Crippen molar-refractivity contribution >= 4 is 11.7 Å². The summed E-state index contributed by atoms with van der Waals surface area (Å²) in [6.07, 6.45) is 1.18. The minimum atomic E-state index is -0.440. The molecule has 1 unspecified atom stereocenters. The number of Topliss-reactive ketones (excluding diaryl/α,β-unsaturated/α-hetero) is 1. The topological polar surface area (TPSA) is 83.6 Å². The zero-order valence-electron chi connectivity index (χ0n) is 17.2. The summed E-state index contributed by atoms with van der Waals surface area (Å²) in [6.45, 7) is 4.16. The van der Waals surface area contributed by atoms with Gasteiger partial charge in [-0.1, -0.05) is 26.0 Å². The molecule has 2 heterocycles. The Morgan fingerprint density at radius 2 is 1.84 bits per heavy atom. The number of nitrogens with one attached hydrogen (secondary N) is 1. The van der Waals surface area contributed by atoms with Gasteiger partial charge in [-0.05, 0) is 53.8 Å². The van der Waals surface area contributed by atoms with Crippen molar-refractivity contribution in [3.05, 3.63) is 76.7 Å². The maximum Gasteiger partial charge on any atom is 0.226 e. The van der Waals surface area contributed by atoms with E-state index in [9.17, 15) is 9.18 Å². The van der Waals surface area contributed by atoms with Gasteiger partial charge in [-0.15, -0.1) is 5.10 Å². The Hall–Kier alpha value is -3.79. The van der Waals surface area contributed by atoms with E-state index in [0.29, 0.717) is 34.9 Å². The van der Waals surface area contributed by atoms with Gasteiger partial charge in [-0.3, -0.25) is 4.79 Å². The Bertz CT molecular complexity index is 1260. The van der Waals surface area contributed by atoms with Crippen LogP contribution in [0.15, 0.2) is 59.8 Å². The highest BCUT2D eigenvalue weighted by Gasteiger charge is 2.41. The third kappa shape index (κ3) is 3.30. The van der Waals surface area contributed by atoms with Crippen LogP contribution < -0.4 is 5.32 Å². The smallest absolute Gasteiger partial charge is 0.226 e. The van der Waals surface area contributed by atoms with E-state index in [-0.39, 0.29) is 17.0 Å². The second kappa shape index (κ2) is 6.88. The molecular formula is C24H20FN5O. The molecule has 3 aromatic rings. The summed E-state index contributed by atoms with van der Waals surface area (Å²) in [5, 5.41) is 17.2. The van der Waals surface area contributed by atoms with Crippen molar-refractivity contribution < 1.29 is 9.18 Å². The number of ketones is 1. The number of hydrogen-bond acceptors (Lipinski definition) is 5. The molecule has 0 amide bonds. The lowest BCUT2D eigenvalue weighted by Crippen LogP contribution is -2.36. The molecule has 0 saturated heterocycles. The van der Waals surface area contributed by atoms with E-state index in [2.05, 4.69) is 35.3 Å². The quantitative estimate of drug-likeness (QED) is 0.663. The van der Waals surface area contributed by atoms with Gasteiger partial charge in [0.15, 0.2) is 11.6 Å². The number of benzene rings is 2. The van der Waals surface area contributed by atoms with Gasteiger partial charge in [-0.25, -0.2) is 9.07 Å². The first kappa shape index (κ1) is 19.2. The third-order valence-corrected chi connectivity index (χ3v) is 5.79. The summed E-state index contributed by atoms with van der Waals surface area (Å²) in [7, 11) is 0. The van der Waals surface area contributed by atoms with Crippen molar-refractivity contribution in [3.63, 3.8) is 0 Å². The molecular weight excluding hydrogens is 393 g/mol. The number of halogens is 1. The summed E-state index contributed by atoms with van der Waals surface area (Å²) in [6, 6.07) is 14.9. The standard InChI is InChI=1S/C24H20FN5O/c1-24(2)11-18-20(19(31)12-24)21(15-5-3-14(13-26)4-6-15)30-23(27-18)28-22(29-30)16-7-9-17(25)10-8-16/h3-10,21H,11-12H2,1-2H3,(H,27,28,29). The van der Waals surface area contributed by atoms with Gasteiger partial charge in [0, 0.05) is 23.3 Å². The summed E-state index contributed by atoms with van der Waals surface area (Å²) in [5.41, 5.74) is 3.49. The van der Waals surface area contributed by atoms with Crippen LogP contribution in [-0.2, 0) is 4.79 Å². The van der Waals surface area contributed by atoms with Gasteiger partial charge in [0.2, 0.25) is 5.95 Å². The van der Waals surface area contributed by atoms with Crippen LogP contribution >= 0.6 is 0 Å².